The standard InChI is InChI=1S/C18H22N2O4S/c1-10(2)9-24-14-7-5-13(6-8-14)16(21)19-12(4)17-20-11(3)15(25-17)18(22)23/h5-8,10,12H,9H2,1-4H3,(H,19,21)(H,22,23). The van der Waals surface area contributed by atoms with Gasteiger partial charge in [0.1, 0.15) is 15.6 Å². The largest absolute Gasteiger partial charge is 0.493 e. The van der Waals surface area contributed by atoms with E-state index >= 15 is 0 Å². The molecule has 25 heavy (non-hydrogen) atoms. The van der Waals surface area contributed by atoms with E-state index in [1.54, 1.807) is 38.1 Å². The van der Waals surface area contributed by atoms with E-state index in [0.717, 1.165) is 17.1 Å². The Morgan fingerprint density at radius 2 is 1.88 bits per heavy atom. The molecule has 1 aromatic carbocycles. The predicted octanol–water partition coefficient (Wildman–Crippen LogP) is 3.68. The average molecular weight is 362 g/mol. The third-order valence-corrected chi connectivity index (χ3v) is 4.75. The molecule has 0 spiro atoms. The van der Waals surface area contributed by atoms with Crippen molar-refractivity contribution >= 4 is 23.2 Å². The Morgan fingerprint density at radius 3 is 2.40 bits per heavy atom. The van der Waals surface area contributed by atoms with Gasteiger partial charge in [0.15, 0.2) is 0 Å². The SMILES string of the molecule is Cc1nc(C(C)NC(=O)c2ccc(OCC(C)C)cc2)sc1C(=O)O. The van der Waals surface area contributed by atoms with Crippen LogP contribution in [-0.2, 0) is 0 Å². The number of ether oxygens (including phenoxy) is 1. The number of thiazole rings is 1. The van der Waals surface area contributed by atoms with E-state index in [9.17, 15) is 9.59 Å². The summed E-state index contributed by atoms with van der Waals surface area (Å²) in [6, 6.07) is 6.55. The summed E-state index contributed by atoms with van der Waals surface area (Å²) in [5.41, 5.74) is 0.968. The summed E-state index contributed by atoms with van der Waals surface area (Å²) in [5, 5.41) is 12.5. The molecule has 0 bridgehead atoms. The van der Waals surface area contributed by atoms with Crippen molar-refractivity contribution in [3.05, 3.63) is 45.4 Å². The second-order valence-corrected chi connectivity index (χ2v) is 7.23. The van der Waals surface area contributed by atoms with Gasteiger partial charge < -0.3 is 15.2 Å². The third-order valence-electron chi connectivity index (χ3n) is 3.43. The molecule has 134 valence electrons. The summed E-state index contributed by atoms with van der Waals surface area (Å²) in [5.74, 6) is -0.0920. The van der Waals surface area contributed by atoms with E-state index in [1.807, 2.05) is 0 Å². The lowest BCUT2D eigenvalue weighted by atomic mass is 10.2. The molecule has 1 heterocycles. The first-order valence-electron chi connectivity index (χ1n) is 8.02. The van der Waals surface area contributed by atoms with Gasteiger partial charge in [-0.1, -0.05) is 13.8 Å². The molecule has 2 aromatic rings. The van der Waals surface area contributed by atoms with Crippen molar-refractivity contribution in [3.63, 3.8) is 0 Å². The van der Waals surface area contributed by atoms with E-state index in [2.05, 4.69) is 24.1 Å². The first kappa shape index (κ1) is 18.9. The Hall–Kier alpha value is -2.41. The fraction of sp³-hybridized carbons (Fsp3) is 0.389. The van der Waals surface area contributed by atoms with Gasteiger partial charge in [-0.25, -0.2) is 9.78 Å². The van der Waals surface area contributed by atoms with Gasteiger partial charge in [-0.3, -0.25) is 4.79 Å². The van der Waals surface area contributed by atoms with Gasteiger partial charge in [0.2, 0.25) is 0 Å². The molecule has 2 N–H and O–H groups in total. The van der Waals surface area contributed by atoms with Crippen LogP contribution in [0.25, 0.3) is 0 Å². The average Bonchev–Trinajstić information content (AvgIpc) is 2.95. The highest BCUT2D eigenvalue weighted by Gasteiger charge is 2.19. The zero-order chi connectivity index (χ0) is 18.6. The smallest absolute Gasteiger partial charge is 0.347 e. The van der Waals surface area contributed by atoms with Gasteiger partial charge >= 0.3 is 5.97 Å². The number of aromatic carboxylic acids is 1. The third kappa shape index (κ3) is 5.03. The number of carboxylic acids is 1. The van der Waals surface area contributed by atoms with Gasteiger partial charge in [0.05, 0.1) is 18.3 Å². The van der Waals surface area contributed by atoms with Crippen molar-refractivity contribution in [2.75, 3.05) is 6.61 Å². The van der Waals surface area contributed by atoms with Crippen LogP contribution in [0.4, 0.5) is 0 Å². The molecule has 0 aliphatic heterocycles. The van der Waals surface area contributed by atoms with E-state index < -0.39 is 5.97 Å². The summed E-state index contributed by atoms with van der Waals surface area (Å²) in [4.78, 5) is 27.9. The number of carbonyl (C=O) groups is 2. The normalized spacial score (nSPS) is 12.0. The minimum Gasteiger partial charge on any atom is -0.493 e. The van der Waals surface area contributed by atoms with Crippen LogP contribution in [0.15, 0.2) is 24.3 Å². The van der Waals surface area contributed by atoms with Gasteiger partial charge in [0, 0.05) is 5.56 Å². The molecule has 1 amide bonds. The van der Waals surface area contributed by atoms with Gasteiger partial charge in [0.25, 0.3) is 5.91 Å². The Labute approximate surface area is 150 Å². The summed E-state index contributed by atoms with van der Waals surface area (Å²) in [6.07, 6.45) is 0. The minimum atomic E-state index is -1.00. The molecular formula is C18H22N2O4S. The highest BCUT2D eigenvalue weighted by Crippen LogP contribution is 2.24. The van der Waals surface area contributed by atoms with Crippen molar-refractivity contribution in [1.82, 2.24) is 10.3 Å². The summed E-state index contributed by atoms with van der Waals surface area (Å²) >= 11 is 1.08. The number of amides is 1. The minimum absolute atomic E-state index is 0.197. The number of nitrogens with zero attached hydrogens (tertiary/aromatic N) is 1. The molecule has 0 aliphatic rings. The van der Waals surface area contributed by atoms with Gasteiger partial charge in [-0.15, -0.1) is 11.3 Å². The first-order chi connectivity index (χ1) is 11.8. The number of carboxylic acid groups (broad SMARTS) is 1. The lowest BCUT2D eigenvalue weighted by Crippen LogP contribution is -2.26. The fourth-order valence-electron chi connectivity index (χ4n) is 2.11. The number of rotatable bonds is 7. The molecule has 7 heteroatoms. The Kier molecular flexibility index (Phi) is 6.14. The van der Waals surface area contributed by atoms with Crippen molar-refractivity contribution in [2.24, 2.45) is 5.92 Å². The molecule has 0 saturated heterocycles. The highest BCUT2D eigenvalue weighted by atomic mass is 32.1. The number of nitrogens with one attached hydrogen (secondary N) is 1. The second-order valence-electron chi connectivity index (χ2n) is 6.20. The maximum Gasteiger partial charge on any atom is 0.347 e. The van der Waals surface area contributed by atoms with Crippen LogP contribution in [0.1, 0.15) is 57.5 Å². The number of aromatic nitrogens is 1. The number of hydrogen-bond donors (Lipinski definition) is 2. The quantitative estimate of drug-likeness (QED) is 0.784. The zero-order valence-electron chi connectivity index (χ0n) is 14.7. The predicted molar refractivity (Wildman–Crippen MR) is 96.5 cm³/mol. The fourth-order valence-corrected chi connectivity index (χ4v) is 3.02. The second kappa shape index (κ2) is 8.11. The molecule has 6 nitrogen and oxygen atoms in total. The van der Waals surface area contributed by atoms with Gasteiger partial charge in [-0.2, -0.15) is 0 Å². The Balaban J connectivity index is 2.01. The molecular weight excluding hydrogens is 340 g/mol. The first-order valence-corrected chi connectivity index (χ1v) is 8.84. The van der Waals surface area contributed by atoms with Crippen LogP contribution in [0.3, 0.4) is 0 Å². The number of carbonyl (C=O) groups excluding carboxylic acids is 1. The summed E-state index contributed by atoms with van der Waals surface area (Å²) in [6.45, 7) is 8.19. The highest BCUT2D eigenvalue weighted by molar-refractivity contribution is 7.13. The van der Waals surface area contributed by atoms with Crippen LogP contribution in [0.2, 0.25) is 0 Å². The lowest BCUT2D eigenvalue weighted by molar-refractivity contribution is 0.0701. The molecule has 0 aliphatic carbocycles. The number of aryl methyl sites for hydroxylation is 1. The van der Waals surface area contributed by atoms with E-state index in [1.165, 1.54) is 0 Å². The van der Waals surface area contributed by atoms with Crippen LogP contribution >= 0.6 is 11.3 Å². The molecule has 0 fully saturated rings. The van der Waals surface area contributed by atoms with Crippen LogP contribution in [0.5, 0.6) is 5.75 Å². The zero-order valence-corrected chi connectivity index (χ0v) is 15.5. The summed E-state index contributed by atoms with van der Waals surface area (Å²) < 4.78 is 5.60. The monoisotopic (exact) mass is 362 g/mol. The van der Waals surface area contributed by atoms with Crippen LogP contribution in [0, 0.1) is 12.8 Å². The molecule has 1 unspecified atom stereocenters. The van der Waals surface area contributed by atoms with Crippen LogP contribution in [-0.4, -0.2) is 28.6 Å². The van der Waals surface area contributed by atoms with Crippen LogP contribution < -0.4 is 10.1 Å². The molecule has 0 radical (unpaired) electrons. The topological polar surface area (TPSA) is 88.5 Å². The van der Waals surface area contributed by atoms with Crippen molar-refractivity contribution in [1.29, 1.82) is 0 Å². The molecule has 2 rings (SSSR count). The maximum absolute atomic E-state index is 12.3. The van der Waals surface area contributed by atoms with Gasteiger partial charge in [-0.05, 0) is 44.0 Å². The Morgan fingerprint density at radius 1 is 1.24 bits per heavy atom. The molecule has 0 saturated carbocycles. The summed E-state index contributed by atoms with van der Waals surface area (Å²) in [7, 11) is 0. The number of benzene rings is 1. The number of hydrogen-bond acceptors (Lipinski definition) is 5. The van der Waals surface area contributed by atoms with E-state index in [4.69, 9.17) is 9.84 Å². The molecule has 1 atom stereocenters. The van der Waals surface area contributed by atoms with Crippen molar-refractivity contribution in [3.8, 4) is 5.75 Å². The van der Waals surface area contributed by atoms with Crippen molar-refractivity contribution in [2.45, 2.75) is 33.7 Å². The lowest BCUT2D eigenvalue weighted by Gasteiger charge is -2.12. The molecule has 1 aromatic heterocycles. The Bertz CT molecular complexity index is 753. The van der Waals surface area contributed by atoms with E-state index in [0.29, 0.717) is 28.8 Å². The van der Waals surface area contributed by atoms with Crippen molar-refractivity contribution < 1.29 is 19.4 Å². The maximum atomic E-state index is 12.3. The van der Waals surface area contributed by atoms with E-state index in [-0.39, 0.29) is 16.8 Å².